The molecule has 0 bridgehead atoms. The molecule has 1 unspecified atom stereocenters. The van der Waals surface area contributed by atoms with E-state index >= 15 is 0 Å². The molecule has 2 aliphatic rings. The van der Waals surface area contributed by atoms with E-state index in [1.165, 1.54) is 22.4 Å². The summed E-state index contributed by atoms with van der Waals surface area (Å²) in [7, 11) is 0. The molecule has 0 radical (unpaired) electrons. The number of benzene rings is 1. The number of aromatic nitrogens is 2. The Balaban J connectivity index is 1.78. The van der Waals surface area contributed by atoms with Crippen LogP contribution in [0, 0.1) is 0 Å². The van der Waals surface area contributed by atoms with E-state index in [2.05, 4.69) is 34.1 Å². The van der Waals surface area contributed by atoms with Gasteiger partial charge in [-0.3, -0.25) is 0 Å². The van der Waals surface area contributed by atoms with E-state index in [4.69, 9.17) is 10.7 Å². The molecule has 2 aliphatic heterocycles. The topological polar surface area (TPSA) is 55.0 Å². The number of hydrogen-bond donors (Lipinski definition) is 1. The third kappa shape index (κ3) is 2.21. The van der Waals surface area contributed by atoms with Crippen LogP contribution in [0.4, 0.5) is 5.95 Å². The first-order chi connectivity index (χ1) is 10.4. The van der Waals surface area contributed by atoms with Crippen molar-refractivity contribution in [1.82, 2.24) is 9.97 Å². The Morgan fingerprint density at radius 1 is 1.33 bits per heavy atom. The molecule has 0 amide bonds. The number of nitrogens with two attached hydrogens (primary N) is 1. The smallest absolute Gasteiger partial charge is 0.226 e. The Morgan fingerprint density at radius 3 is 3.14 bits per heavy atom. The molecule has 1 atom stereocenters. The normalized spacial score (nSPS) is 20.2. The molecule has 4 rings (SSSR count). The summed E-state index contributed by atoms with van der Waals surface area (Å²) in [5.41, 5.74) is 9.43. The van der Waals surface area contributed by atoms with E-state index in [0.29, 0.717) is 12.6 Å². The lowest BCUT2D eigenvalue weighted by Gasteiger charge is -2.25. The van der Waals surface area contributed by atoms with Crippen LogP contribution in [0.15, 0.2) is 35.4 Å². The number of nitrogens with zero attached hydrogens (tertiary/aromatic N) is 3. The molecule has 5 heteroatoms. The molecular formula is C16H18N4S. The Bertz CT molecular complexity index is 673. The van der Waals surface area contributed by atoms with Crippen LogP contribution in [0.5, 0.6) is 0 Å². The van der Waals surface area contributed by atoms with Gasteiger partial charge < -0.3 is 10.6 Å². The number of hydrogen-bond acceptors (Lipinski definition) is 5. The van der Waals surface area contributed by atoms with Crippen LogP contribution < -0.4 is 10.6 Å². The summed E-state index contributed by atoms with van der Waals surface area (Å²) in [6.07, 6.45) is 4.31. The van der Waals surface area contributed by atoms with Crippen LogP contribution in [0.1, 0.15) is 18.4 Å². The van der Waals surface area contributed by atoms with E-state index in [1.54, 1.807) is 0 Å². The average molecular weight is 298 g/mol. The summed E-state index contributed by atoms with van der Waals surface area (Å²) in [5.74, 6) is 1.79. The third-order valence-electron chi connectivity index (χ3n) is 4.28. The highest BCUT2D eigenvalue weighted by atomic mass is 32.2. The maximum atomic E-state index is 5.88. The second-order valence-corrected chi connectivity index (χ2v) is 6.57. The van der Waals surface area contributed by atoms with Crippen molar-refractivity contribution in [2.24, 2.45) is 5.73 Å². The van der Waals surface area contributed by atoms with E-state index in [9.17, 15) is 0 Å². The van der Waals surface area contributed by atoms with Crippen LogP contribution >= 0.6 is 11.8 Å². The summed E-state index contributed by atoms with van der Waals surface area (Å²) >= 11 is 1.86. The lowest BCUT2D eigenvalue weighted by molar-refractivity contribution is 0.664. The summed E-state index contributed by atoms with van der Waals surface area (Å²) in [6.45, 7) is 1.68. The predicted octanol–water partition coefficient (Wildman–Crippen LogP) is 2.68. The fourth-order valence-electron chi connectivity index (χ4n) is 3.16. The minimum absolute atomic E-state index is 0.385. The highest BCUT2D eigenvalue weighted by Gasteiger charge is 2.27. The van der Waals surface area contributed by atoms with Gasteiger partial charge in [-0.05, 0) is 18.9 Å². The van der Waals surface area contributed by atoms with Gasteiger partial charge >= 0.3 is 0 Å². The predicted molar refractivity (Wildman–Crippen MR) is 86.5 cm³/mol. The molecule has 1 aromatic heterocycles. The first-order valence-corrected chi connectivity index (χ1v) is 8.40. The number of fused-ring (bicyclic) bond motifs is 3. The molecule has 4 nitrogen and oxygen atoms in total. The summed E-state index contributed by atoms with van der Waals surface area (Å²) < 4.78 is 0. The molecule has 21 heavy (non-hydrogen) atoms. The van der Waals surface area contributed by atoms with Crippen LogP contribution in [-0.4, -0.2) is 29.1 Å². The zero-order valence-electron chi connectivity index (χ0n) is 11.8. The zero-order chi connectivity index (χ0) is 14.2. The summed E-state index contributed by atoms with van der Waals surface area (Å²) in [6, 6.07) is 8.87. The molecule has 0 saturated carbocycles. The van der Waals surface area contributed by atoms with Gasteiger partial charge in [-0.1, -0.05) is 18.2 Å². The van der Waals surface area contributed by atoms with E-state index in [-0.39, 0.29) is 0 Å². The summed E-state index contributed by atoms with van der Waals surface area (Å²) in [4.78, 5) is 13.1. The van der Waals surface area contributed by atoms with Gasteiger partial charge in [-0.2, -0.15) is 0 Å². The van der Waals surface area contributed by atoms with Crippen molar-refractivity contribution in [1.29, 1.82) is 0 Å². The van der Waals surface area contributed by atoms with E-state index < -0.39 is 0 Å². The average Bonchev–Trinajstić information content (AvgIpc) is 3.03. The fraction of sp³-hybridized carbons (Fsp3) is 0.375. The number of rotatable bonds is 2. The SMILES string of the molecule is NCC1CCCN1c1ncc2c(n1)-c1ccccc1SC2. The van der Waals surface area contributed by atoms with Crippen molar-refractivity contribution in [2.45, 2.75) is 29.5 Å². The molecule has 0 spiro atoms. The van der Waals surface area contributed by atoms with E-state index in [0.717, 1.165) is 30.4 Å². The molecule has 108 valence electrons. The van der Waals surface area contributed by atoms with Gasteiger partial charge in [-0.25, -0.2) is 9.97 Å². The van der Waals surface area contributed by atoms with Gasteiger partial charge in [0.05, 0.1) is 5.69 Å². The zero-order valence-corrected chi connectivity index (χ0v) is 12.6. The molecule has 1 fully saturated rings. The van der Waals surface area contributed by atoms with Gasteiger partial charge in [0.1, 0.15) is 0 Å². The van der Waals surface area contributed by atoms with Gasteiger partial charge in [0.2, 0.25) is 5.95 Å². The lowest BCUT2D eigenvalue weighted by atomic mass is 10.1. The molecule has 0 aliphatic carbocycles. The van der Waals surface area contributed by atoms with Crippen molar-refractivity contribution < 1.29 is 0 Å². The minimum atomic E-state index is 0.385. The van der Waals surface area contributed by atoms with Crippen molar-refractivity contribution in [3.05, 3.63) is 36.0 Å². The van der Waals surface area contributed by atoms with Crippen molar-refractivity contribution >= 4 is 17.7 Å². The first kappa shape index (κ1) is 13.1. The second kappa shape index (κ2) is 5.31. The van der Waals surface area contributed by atoms with Crippen LogP contribution in [0.2, 0.25) is 0 Å². The number of anilines is 1. The first-order valence-electron chi connectivity index (χ1n) is 7.41. The highest BCUT2D eigenvalue weighted by molar-refractivity contribution is 7.98. The van der Waals surface area contributed by atoms with Crippen LogP contribution in [0.25, 0.3) is 11.3 Å². The monoisotopic (exact) mass is 298 g/mol. The Hall–Kier alpha value is -1.59. The highest BCUT2D eigenvalue weighted by Crippen LogP contribution is 2.40. The second-order valence-electron chi connectivity index (χ2n) is 5.55. The van der Waals surface area contributed by atoms with Gasteiger partial charge in [-0.15, -0.1) is 11.8 Å². The van der Waals surface area contributed by atoms with Crippen LogP contribution in [-0.2, 0) is 5.75 Å². The van der Waals surface area contributed by atoms with Crippen molar-refractivity contribution in [3.8, 4) is 11.3 Å². The molecule has 3 heterocycles. The third-order valence-corrected chi connectivity index (χ3v) is 5.41. The lowest BCUT2D eigenvalue weighted by Crippen LogP contribution is -2.36. The molecule has 2 N–H and O–H groups in total. The standard InChI is InChI=1S/C16H18N4S/c17-8-12-4-3-7-20(12)16-18-9-11-10-21-14-6-2-1-5-13(14)15(11)19-16/h1-2,5-6,9,12H,3-4,7-8,10,17H2. The Morgan fingerprint density at radius 2 is 2.24 bits per heavy atom. The maximum Gasteiger partial charge on any atom is 0.226 e. The summed E-state index contributed by atoms with van der Waals surface area (Å²) in [5, 5.41) is 0. The minimum Gasteiger partial charge on any atom is -0.337 e. The fourth-order valence-corrected chi connectivity index (χ4v) is 4.18. The Kier molecular flexibility index (Phi) is 3.31. The van der Waals surface area contributed by atoms with Crippen molar-refractivity contribution in [2.75, 3.05) is 18.0 Å². The van der Waals surface area contributed by atoms with Gasteiger partial charge in [0.15, 0.2) is 0 Å². The van der Waals surface area contributed by atoms with Crippen LogP contribution in [0.3, 0.4) is 0 Å². The van der Waals surface area contributed by atoms with Crippen molar-refractivity contribution in [3.63, 3.8) is 0 Å². The number of thioether (sulfide) groups is 1. The van der Waals surface area contributed by atoms with E-state index in [1.807, 2.05) is 18.0 Å². The molecule has 2 aromatic rings. The maximum absolute atomic E-state index is 5.88. The molecular weight excluding hydrogens is 280 g/mol. The largest absolute Gasteiger partial charge is 0.337 e. The molecule has 1 saturated heterocycles. The van der Waals surface area contributed by atoms with Gasteiger partial charge in [0.25, 0.3) is 0 Å². The quantitative estimate of drug-likeness (QED) is 0.924. The van der Waals surface area contributed by atoms with Gasteiger partial charge in [0, 0.05) is 47.1 Å². The Labute approximate surface area is 128 Å². The molecule has 1 aromatic carbocycles.